The molecular weight excluding hydrogens is 1920 g/mol. The zero-order valence-electron chi connectivity index (χ0n) is 84.1. The number of fused-ring (bicyclic) bond motifs is 2. The number of unbranched alkanes of at least 4 members (excludes halogenated alkanes) is 13. The van der Waals surface area contributed by atoms with Crippen LogP contribution in [-0.4, -0.2) is 359 Å². The molecule has 0 bridgehead atoms. The van der Waals surface area contributed by atoms with Gasteiger partial charge in [-0.25, -0.2) is 0 Å². The zero-order valence-corrected chi connectivity index (χ0v) is 84.1. The highest BCUT2D eigenvalue weighted by Gasteiger charge is 2.43. The lowest BCUT2D eigenvalue weighted by Crippen LogP contribution is -2.60. The number of benzene rings is 2. The maximum Gasteiger partial charge on any atom is 0.317 e. The smallest absolute Gasteiger partial charge is 0.317 e. The van der Waals surface area contributed by atoms with Gasteiger partial charge >= 0.3 is 11.9 Å². The number of amides is 16. The number of aliphatic hydroxyl groups is 6. The molecule has 0 radical (unpaired) electrons. The van der Waals surface area contributed by atoms with Crippen molar-refractivity contribution in [3.63, 3.8) is 0 Å². The molecule has 2 aliphatic heterocycles. The molecule has 0 aliphatic carbocycles. The highest BCUT2D eigenvalue weighted by molar-refractivity contribution is 6.00. The molecule has 33 N–H and O–H groups in total. The molecule has 2 saturated heterocycles. The summed E-state index contributed by atoms with van der Waals surface area (Å²) in [6, 6.07) is 1.31. The van der Waals surface area contributed by atoms with Gasteiger partial charge in [-0.2, -0.15) is 0 Å². The highest BCUT2D eigenvalue weighted by Crippen LogP contribution is 2.24. The lowest BCUT2D eigenvalue weighted by atomic mass is 10.0. The number of aromatic amines is 1. The van der Waals surface area contributed by atoms with E-state index < -0.39 is 232 Å². The fourth-order valence-electron chi connectivity index (χ4n) is 16.0. The number of carbonyl (C=O) groups excluding carboxylic acids is 16. The average Bonchev–Trinajstić information content (AvgIpc) is 1.68. The Hall–Kier alpha value is -12.7. The standard InChI is InChI=1S/C54H99N11O20.C42H58N12O8/c1-3-4-19-37(50(79)56-2)61-51(80)38(20-17-18-25-57-45(71)31-65(32-48(75)76)33-49(77)78)62-54(83)41(35-67)64-52(81)39(23-24-42(55)68)63-53(82)40(34-66)60-44(70)30-59-46(72)36-85-29-28-84-27-26-58-43(69)21-15-13-11-9-7-5-6-8-10-12-14-16-22-47(73)74;43-28-15-16-35(56)47-17-7-6-13-30(36(44)57)50-39(60)33(20-25-22-49-29-12-5-4-11-27(25)29)52-37(58)31(14-8-18-48-42(45)46)51-38(59)32(19-24-9-2-1-3-10-24)53-40(61)34-21-26(55)23-54(34)41(28)62/h37-41,45,48,57,66-67,71,75-76H,3-36H2,1-2H3,(H2,55,68)(H,56,79)(H,58,69)(H,59,72)(H,60,70)(H,61,80)(H,62,83)(H,63,82)(H,64,81)(H,73,74)(H,77,78);1-5,9-12,22,26,28,30-34,49,55H,6-8,13-21,23,43H2,(H2,44,57)(H,47,56)(H,50,60)(H,51,59)(H,52,58)(H,53,61)(H4,45,46,48)/t37-,38-,39-,40-,41-,45?;26-,28+,30+,31+,32-,33+,34+/m01/s1. The quantitative estimate of drug-likeness (QED) is 0.0108. The molecule has 1 unspecified atom stereocenters. The van der Waals surface area contributed by atoms with Crippen LogP contribution in [0.25, 0.3) is 10.9 Å². The minimum absolute atomic E-state index is 0.00276. The van der Waals surface area contributed by atoms with Gasteiger partial charge in [0.1, 0.15) is 73.3 Å². The Kier molecular flexibility index (Phi) is 62.5. The predicted molar refractivity (Wildman–Crippen MR) is 535 cm³/mol. The molecule has 2 aromatic carbocycles. The van der Waals surface area contributed by atoms with E-state index in [1.165, 1.54) is 26.3 Å². The van der Waals surface area contributed by atoms with Gasteiger partial charge in [0.05, 0.1) is 58.3 Å². The number of hydrogen-bond donors (Lipinski definition) is 28. The predicted octanol–water partition coefficient (Wildman–Crippen LogP) is -6.02. The summed E-state index contributed by atoms with van der Waals surface area (Å²) in [6.07, 6.45) is 12.4. The second-order valence-electron chi connectivity index (χ2n) is 36.2. The number of carbonyl (C=O) groups is 18. The van der Waals surface area contributed by atoms with E-state index in [1.54, 1.807) is 36.5 Å². The van der Waals surface area contributed by atoms with Crippen LogP contribution in [0.3, 0.4) is 0 Å². The number of nitrogens with zero attached hydrogens (tertiary/aromatic N) is 3. The third-order valence-electron chi connectivity index (χ3n) is 24.0. The number of aliphatic imine (C=N–C) groups is 1. The monoisotopic (exact) mass is 2080 g/mol. The summed E-state index contributed by atoms with van der Waals surface area (Å²) in [5.41, 5.74) is 30.5. The van der Waals surface area contributed by atoms with Gasteiger partial charge in [0.25, 0.3) is 0 Å². The van der Waals surface area contributed by atoms with Crippen LogP contribution in [0.5, 0.6) is 0 Å². The van der Waals surface area contributed by atoms with Crippen LogP contribution in [0, 0.1) is 0 Å². The number of carboxylic acids is 2. The fraction of sp³-hybridized carbons (Fsp3) is 0.656. The van der Waals surface area contributed by atoms with Gasteiger partial charge < -0.3 is 158 Å². The van der Waals surface area contributed by atoms with Crippen LogP contribution in [0.15, 0.2) is 65.8 Å². The number of guanidine groups is 1. The SMILES string of the molecule is CCCC[C@H](NC(=O)[C@H](CCCCNC(O)CN(CC(=O)O)CC(O)O)NC(=O)[C@H](CO)NC(=O)[C@H](CCC(N)=O)NC(=O)[C@H](CO)NC(=O)CNC(=O)COCCOCCNC(=O)CCCCCCCCCCCCCCC(=O)O)C(=O)NC.NC(=O)[C@@H]1CCCCNC(=O)CC[C@H](N)C(=O)N2C[C@H](O)C[C@H]2C(=O)N[C@H](Cc2ccccc2)C(=O)N[C@@H](CCCN=C(N)N)C(=O)N[C@@H](Cc2c[nH]c3ccccc23)C(=O)N1. The van der Waals surface area contributed by atoms with Gasteiger partial charge in [0.2, 0.25) is 94.5 Å². The Morgan fingerprint density at radius 2 is 1.12 bits per heavy atom. The summed E-state index contributed by atoms with van der Waals surface area (Å²) in [5.74, 6) is -14.3. The number of primary amides is 2. The van der Waals surface area contributed by atoms with E-state index in [4.69, 9.17) is 48.4 Å². The molecule has 16 amide bonds. The van der Waals surface area contributed by atoms with E-state index >= 15 is 0 Å². The number of likely N-dealkylation sites (N-methyl/N-ethyl adjacent to an activating group) is 1. The van der Waals surface area contributed by atoms with Gasteiger partial charge in [-0.1, -0.05) is 133 Å². The Morgan fingerprint density at radius 3 is 1.73 bits per heavy atom. The van der Waals surface area contributed by atoms with Gasteiger partial charge in [0, 0.05) is 108 Å². The number of para-hydroxylation sites is 1. The van der Waals surface area contributed by atoms with E-state index in [1.807, 2.05) is 31.2 Å². The van der Waals surface area contributed by atoms with Crippen molar-refractivity contribution in [2.45, 2.75) is 297 Å². The van der Waals surface area contributed by atoms with E-state index in [9.17, 15) is 117 Å². The minimum Gasteiger partial charge on any atom is -0.481 e. The van der Waals surface area contributed by atoms with Gasteiger partial charge in [0.15, 0.2) is 12.2 Å². The summed E-state index contributed by atoms with van der Waals surface area (Å²) in [4.78, 5) is 243. The summed E-state index contributed by atoms with van der Waals surface area (Å²) in [5, 5.41) is 114. The molecule has 147 heavy (non-hydrogen) atoms. The van der Waals surface area contributed by atoms with Crippen LogP contribution >= 0.6 is 0 Å². The molecule has 13 atom stereocenters. The van der Waals surface area contributed by atoms with Crippen molar-refractivity contribution in [2.75, 3.05) is 106 Å². The number of carboxylic acid groups (broad SMARTS) is 2. The molecule has 3 aromatic rings. The first-order valence-electron chi connectivity index (χ1n) is 50.3. The van der Waals surface area contributed by atoms with Crippen LogP contribution < -0.4 is 103 Å². The van der Waals surface area contributed by atoms with Crippen LogP contribution in [0.2, 0.25) is 0 Å². The molecular formula is C96H157N23O28. The van der Waals surface area contributed by atoms with E-state index in [-0.39, 0.29) is 154 Å². The molecule has 2 aliphatic rings. The van der Waals surface area contributed by atoms with Crippen molar-refractivity contribution in [1.82, 2.24) is 89.2 Å². The molecule has 824 valence electrons. The third kappa shape index (κ3) is 53.5. The van der Waals surface area contributed by atoms with Crippen LogP contribution in [0.1, 0.15) is 211 Å². The number of aliphatic hydroxyl groups excluding tert-OH is 5. The van der Waals surface area contributed by atoms with E-state index in [2.05, 4.69) is 84.4 Å². The number of ether oxygens (including phenoxy) is 2. The Balaban J connectivity index is 0.000000639. The second kappa shape index (κ2) is 72.6. The third-order valence-corrected chi connectivity index (χ3v) is 24.0. The number of aromatic nitrogens is 1. The topological polar surface area (TPSA) is 821 Å². The number of hydrogen-bond acceptors (Lipinski definition) is 30. The normalized spacial score (nSPS) is 18.4. The van der Waals surface area contributed by atoms with E-state index in [0.717, 1.165) is 78.5 Å². The number of H-pyrrole nitrogens is 1. The maximum atomic E-state index is 14.4. The molecule has 51 nitrogen and oxygen atoms in total. The molecule has 1 aromatic heterocycles. The Labute approximate surface area is 854 Å². The minimum atomic E-state index is -1.86. The van der Waals surface area contributed by atoms with Crippen LogP contribution in [0.4, 0.5) is 0 Å². The van der Waals surface area contributed by atoms with Crippen molar-refractivity contribution < 1.29 is 137 Å². The average molecular weight is 2080 g/mol. The van der Waals surface area contributed by atoms with Gasteiger partial charge in [-0.3, -0.25) is 102 Å². The second-order valence-corrected chi connectivity index (χ2v) is 36.2. The highest BCUT2D eigenvalue weighted by atomic mass is 16.5. The number of rotatable bonds is 64. The molecule has 2 fully saturated rings. The van der Waals surface area contributed by atoms with Crippen LogP contribution in [-0.2, 0) is 109 Å². The molecule has 5 rings (SSSR count). The first-order valence-corrected chi connectivity index (χ1v) is 50.3. The number of aliphatic carboxylic acids is 2. The summed E-state index contributed by atoms with van der Waals surface area (Å²) in [6.45, 7) is -1.80. The number of nitrogens with one attached hydrogen (secondary N) is 15. The number of nitrogens with two attached hydrogens (primary N) is 5. The van der Waals surface area contributed by atoms with Crippen molar-refractivity contribution >= 4 is 123 Å². The first-order chi connectivity index (χ1) is 70.2. The lowest BCUT2D eigenvalue weighted by Gasteiger charge is -2.29. The first kappa shape index (κ1) is 127. The van der Waals surface area contributed by atoms with E-state index in [0.29, 0.717) is 49.8 Å². The van der Waals surface area contributed by atoms with Crippen molar-refractivity contribution in [2.24, 2.45) is 33.7 Å². The summed E-state index contributed by atoms with van der Waals surface area (Å²) >= 11 is 0. The van der Waals surface area contributed by atoms with Crippen molar-refractivity contribution in [1.29, 1.82) is 0 Å². The molecule has 0 spiro atoms. The molecule has 51 heteroatoms. The van der Waals surface area contributed by atoms with Gasteiger partial charge in [-0.05, 0) is 107 Å². The molecule has 0 saturated carbocycles. The van der Waals surface area contributed by atoms with Crippen molar-refractivity contribution in [3.8, 4) is 0 Å². The fourth-order valence-corrected chi connectivity index (χ4v) is 16.0. The van der Waals surface area contributed by atoms with Gasteiger partial charge in [-0.15, -0.1) is 0 Å². The molecule has 3 heterocycles. The Bertz CT molecular complexity index is 4630. The zero-order chi connectivity index (χ0) is 109. The Morgan fingerprint density at radius 1 is 0.558 bits per heavy atom. The lowest BCUT2D eigenvalue weighted by molar-refractivity contribution is -0.141. The summed E-state index contributed by atoms with van der Waals surface area (Å²) < 4.78 is 10.7. The van der Waals surface area contributed by atoms with Crippen molar-refractivity contribution in [3.05, 3.63) is 71.9 Å². The maximum absolute atomic E-state index is 14.4. The summed E-state index contributed by atoms with van der Waals surface area (Å²) in [7, 11) is 1.37. The largest absolute Gasteiger partial charge is 0.481 e.